The third kappa shape index (κ3) is 3.05. The smallest absolute Gasteiger partial charge is 0.241 e. The molecule has 1 saturated heterocycles. The van der Waals surface area contributed by atoms with E-state index in [9.17, 15) is 4.79 Å². The minimum absolute atomic E-state index is 0.0294. The Morgan fingerprint density at radius 2 is 2.25 bits per heavy atom. The number of benzene rings is 1. The van der Waals surface area contributed by atoms with Gasteiger partial charge in [0.2, 0.25) is 5.91 Å². The van der Waals surface area contributed by atoms with Crippen LogP contribution in [0.15, 0.2) is 42.7 Å². The molecule has 1 fully saturated rings. The van der Waals surface area contributed by atoms with E-state index in [2.05, 4.69) is 27.9 Å². The third-order valence-corrected chi connectivity index (χ3v) is 3.46. The number of carbonyl (C=O) groups excluding carboxylic acids is 1. The first-order valence-electron chi connectivity index (χ1n) is 6.92. The lowest BCUT2D eigenvalue weighted by atomic mass is 10.2. The van der Waals surface area contributed by atoms with Crippen LogP contribution in [-0.4, -0.2) is 28.3 Å². The van der Waals surface area contributed by atoms with Crippen molar-refractivity contribution in [3.63, 3.8) is 0 Å². The lowest BCUT2D eigenvalue weighted by molar-refractivity contribution is -0.117. The molecule has 1 aliphatic heterocycles. The Morgan fingerprint density at radius 3 is 3.00 bits per heavy atom. The highest BCUT2D eigenvalue weighted by molar-refractivity contribution is 5.94. The molecule has 0 aliphatic carbocycles. The Hall–Kier alpha value is -2.14. The molecule has 3 rings (SSSR count). The Labute approximate surface area is 118 Å². The van der Waals surface area contributed by atoms with Gasteiger partial charge in [-0.2, -0.15) is 5.10 Å². The van der Waals surface area contributed by atoms with Crippen LogP contribution < -0.4 is 10.6 Å². The molecular weight excluding hydrogens is 252 g/mol. The van der Waals surface area contributed by atoms with Crippen LogP contribution in [0.3, 0.4) is 0 Å². The van der Waals surface area contributed by atoms with E-state index >= 15 is 0 Å². The van der Waals surface area contributed by atoms with Crippen molar-refractivity contribution in [2.45, 2.75) is 25.4 Å². The van der Waals surface area contributed by atoms with Crippen molar-refractivity contribution in [1.82, 2.24) is 15.1 Å². The van der Waals surface area contributed by atoms with Crippen LogP contribution >= 0.6 is 0 Å². The molecule has 2 heterocycles. The maximum atomic E-state index is 12.0. The van der Waals surface area contributed by atoms with Crippen LogP contribution in [-0.2, 0) is 11.3 Å². The number of amides is 1. The van der Waals surface area contributed by atoms with E-state index in [1.54, 1.807) is 6.20 Å². The van der Waals surface area contributed by atoms with Crippen molar-refractivity contribution in [2.24, 2.45) is 0 Å². The maximum Gasteiger partial charge on any atom is 0.241 e. The second kappa shape index (κ2) is 5.88. The standard InChI is InChI=1S/C15H18N4O/c20-15(14-7-4-8-16-14)18-13-9-17-19(11-13)10-12-5-2-1-3-6-12/h1-3,5-6,9,11,14,16H,4,7-8,10H2,(H,18,20)/t14-/m1/s1. The molecular formula is C15H18N4O. The van der Waals surface area contributed by atoms with Crippen molar-refractivity contribution in [3.05, 3.63) is 48.3 Å². The highest BCUT2D eigenvalue weighted by atomic mass is 16.2. The number of anilines is 1. The molecule has 1 aliphatic rings. The summed E-state index contributed by atoms with van der Waals surface area (Å²) in [4.78, 5) is 12.0. The van der Waals surface area contributed by atoms with E-state index in [0.717, 1.165) is 25.1 Å². The molecule has 5 nitrogen and oxygen atoms in total. The Morgan fingerprint density at radius 1 is 1.40 bits per heavy atom. The van der Waals surface area contributed by atoms with Crippen LogP contribution in [0.4, 0.5) is 5.69 Å². The van der Waals surface area contributed by atoms with Gasteiger partial charge in [-0.05, 0) is 24.9 Å². The zero-order valence-corrected chi connectivity index (χ0v) is 11.2. The van der Waals surface area contributed by atoms with Gasteiger partial charge in [0, 0.05) is 6.20 Å². The number of hydrogen-bond donors (Lipinski definition) is 2. The average Bonchev–Trinajstić information content (AvgIpc) is 3.11. The van der Waals surface area contributed by atoms with Gasteiger partial charge in [0.05, 0.1) is 24.5 Å². The quantitative estimate of drug-likeness (QED) is 0.887. The minimum atomic E-state index is -0.0625. The van der Waals surface area contributed by atoms with Crippen molar-refractivity contribution >= 4 is 11.6 Å². The molecule has 0 spiro atoms. The Bertz CT molecular complexity index is 573. The summed E-state index contributed by atoms with van der Waals surface area (Å²) in [6, 6.07) is 10.1. The largest absolute Gasteiger partial charge is 0.322 e. The van der Waals surface area contributed by atoms with Gasteiger partial charge in [0.15, 0.2) is 0 Å². The van der Waals surface area contributed by atoms with E-state index < -0.39 is 0 Å². The molecule has 1 aromatic carbocycles. The zero-order valence-electron chi connectivity index (χ0n) is 11.2. The fourth-order valence-electron chi connectivity index (χ4n) is 2.42. The van der Waals surface area contributed by atoms with Crippen LogP contribution in [0.2, 0.25) is 0 Å². The van der Waals surface area contributed by atoms with Crippen LogP contribution in [0.1, 0.15) is 18.4 Å². The van der Waals surface area contributed by atoms with Crippen LogP contribution in [0.5, 0.6) is 0 Å². The van der Waals surface area contributed by atoms with Crippen molar-refractivity contribution < 1.29 is 4.79 Å². The molecule has 104 valence electrons. The summed E-state index contributed by atoms with van der Waals surface area (Å²) < 4.78 is 1.83. The lowest BCUT2D eigenvalue weighted by Gasteiger charge is -2.09. The van der Waals surface area contributed by atoms with E-state index in [1.165, 1.54) is 5.56 Å². The number of carbonyl (C=O) groups is 1. The summed E-state index contributed by atoms with van der Waals surface area (Å²) in [5.74, 6) is 0.0294. The average molecular weight is 270 g/mol. The predicted molar refractivity (Wildman–Crippen MR) is 77.4 cm³/mol. The zero-order chi connectivity index (χ0) is 13.8. The number of hydrogen-bond acceptors (Lipinski definition) is 3. The fourth-order valence-corrected chi connectivity index (χ4v) is 2.42. The molecule has 1 aromatic heterocycles. The molecule has 1 atom stereocenters. The Kier molecular flexibility index (Phi) is 3.78. The van der Waals surface area contributed by atoms with Crippen LogP contribution in [0, 0.1) is 0 Å². The number of aromatic nitrogens is 2. The summed E-state index contributed by atoms with van der Waals surface area (Å²) in [6.07, 6.45) is 5.52. The van der Waals surface area contributed by atoms with E-state index in [0.29, 0.717) is 6.54 Å². The van der Waals surface area contributed by atoms with Gasteiger partial charge < -0.3 is 10.6 Å². The molecule has 0 unspecified atom stereocenters. The van der Waals surface area contributed by atoms with Crippen LogP contribution in [0.25, 0.3) is 0 Å². The maximum absolute atomic E-state index is 12.0. The van der Waals surface area contributed by atoms with Gasteiger partial charge in [-0.3, -0.25) is 9.48 Å². The highest BCUT2D eigenvalue weighted by Crippen LogP contribution is 2.11. The minimum Gasteiger partial charge on any atom is -0.322 e. The van der Waals surface area contributed by atoms with Gasteiger partial charge in [0.1, 0.15) is 0 Å². The second-order valence-electron chi connectivity index (χ2n) is 5.05. The normalized spacial score (nSPS) is 18.1. The summed E-state index contributed by atoms with van der Waals surface area (Å²) in [5.41, 5.74) is 1.94. The summed E-state index contributed by atoms with van der Waals surface area (Å²) in [6.45, 7) is 1.63. The van der Waals surface area contributed by atoms with E-state index in [1.807, 2.05) is 29.1 Å². The third-order valence-electron chi connectivity index (χ3n) is 3.46. The summed E-state index contributed by atoms with van der Waals surface area (Å²) in [7, 11) is 0. The predicted octanol–water partition coefficient (Wildman–Crippen LogP) is 1.62. The fraction of sp³-hybridized carbons (Fsp3) is 0.333. The second-order valence-corrected chi connectivity index (χ2v) is 5.05. The topological polar surface area (TPSA) is 59.0 Å². The lowest BCUT2D eigenvalue weighted by Crippen LogP contribution is -2.35. The first-order valence-corrected chi connectivity index (χ1v) is 6.92. The van der Waals surface area contributed by atoms with Gasteiger partial charge in [-0.1, -0.05) is 30.3 Å². The molecule has 0 bridgehead atoms. The first kappa shape index (κ1) is 12.9. The molecule has 5 heteroatoms. The van der Waals surface area contributed by atoms with Crippen molar-refractivity contribution in [3.8, 4) is 0 Å². The van der Waals surface area contributed by atoms with Crippen molar-refractivity contribution in [2.75, 3.05) is 11.9 Å². The van der Waals surface area contributed by atoms with E-state index in [-0.39, 0.29) is 11.9 Å². The van der Waals surface area contributed by atoms with Gasteiger partial charge in [0.25, 0.3) is 0 Å². The monoisotopic (exact) mass is 270 g/mol. The van der Waals surface area contributed by atoms with Gasteiger partial charge >= 0.3 is 0 Å². The number of rotatable bonds is 4. The molecule has 0 saturated carbocycles. The molecule has 0 radical (unpaired) electrons. The summed E-state index contributed by atoms with van der Waals surface area (Å²) in [5, 5.41) is 10.4. The molecule has 20 heavy (non-hydrogen) atoms. The molecule has 2 aromatic rings. The van der Waals surface area contributed by atoms with Crippen molar-refractivity contribution in [1.29, 1.82) is 0 Å². The number of nitrogens with zero attached hydrogens (tertiary/aromatic N) is 2. The molecule has 2 N–H and O–H groups in total. The molecule has 1 amide bonds. The van der Waals surface area contributed by atoms with Gasteiger partial charge in [-0.25, -0.2) is 0 Å². The van der Waals surface area contributed by atoms with E-state index in [4.69, 9.17) is 0 Å². The summed E-state index contributed by atoms with van der Waals surface area (Å²) >= 11 is 0. The highest BCUT2D eigenvalue weighted by Gasteiger charge is 2.22. The SMILES string of the molecule is O=C(Nc1cnn(Cc2ccccc2)c1)[C@H]1CCCN1. The van der Waals surface area contributed by atoms with Gasteiger partial charge in [-0.15, -0.1) is 0 Å². The Balaban J connectivity index is 1.60. The first-order chi connectivity index (χ1) is 9.81. The number of nitrogens with one attached hydrogen (secondary N) is 2.